The van der Waals surface area contributed by atoms with Crippen LogP contribution in [0.15, 0.2) is 18.2 Å². The van der Waals surface area contributed by atoms with Crippen LogP contribution in [0.2, 0.25) is 5.02 Å². The topological polar surface area (TPSA) is 112 Å². The van der Waals surface area contributed by atoms with Crippen molar-refractivity contribution in [3.8, 4) is 0 Å². The van der Waals surface area contributed by atoms with Gasteiger partial charge in [0, 0.05) is 56.9 Å². The van der Waals surface area contributed by atoms with Crippen molar-refractivity contribution in [1.29, 1.82) is 0 Å². The Morgan fingerprint density at radius 1 is 1.31 bits per heavy atom. The molecule has 1 aromatic carbocycles. The van der Waals surface area contributed by atoms with Crippen molar-refractivity contribution >= 4 is 23.7 Å². The first kappa shape index (κ1) is 28.4. The molecule has 36 heavy (non-hydrogen) atoms. The number of nitrogens with one attached hydrogen (secondary N) is 3. The minimum absolute atomic E-state index is 0.00168. The SMILES string of the molecule is CNC[C@@H](CC1CCOCC1)NC(=O)N1CCC[C@@H]([C@@H](OCCNC(=O)O)c2cccc(Cl)c2F)C1. The molecule has 0 radical (unpaired) electrons. The lowest BCUT2D eigenvalue weighted by Crippen LogP contribution is -2.52. The molecular weight excluding hydrogens is 491 g/mol. The predicted octanol–water partition coefficient (Wildman–Crippen LogP) is 3.63. The molecule has 3 atom stereocenters. The van der Waals surface area contributed by atoms with Gasteiger partial charge >= 0.3 is 12.1 Å². The Balaban J connectivity index is 1.66. The van der Waals surface area contributed by atoms with Crippen LogP contribution in [0.25, 0.3) is 0 Å². The van der Waals surface area contributed by atoms with Gasteiger partial charge in [-0.05, 0) is 51.1 Å². The standard InChI is InChI=1S/C25H38ClFN4O5/c1-28-15-19(14-17-7-11-35-12-8-17)30-24(32)31-10-3-4-18(16-31)23(36-13-9-29-25(33)34)20-5-2-6-21(26)22(20)27/h2,5-6,17-19,23,28-29H,3-4,7-16H2,1H3,(H,30,32)(H,33,34)/t18-,19-,23-/m1/s1. The van der Waals surface area contributed by atoms with Crippen LogP contribution in [-0.2, 0) is 9.47 Å². The van der Waals surface area contributed by atoms with Crippen LogP contribution < -0.4 is 16.0 Å². The zero-order valence-corrected chi connectivity index (χ0v) is 21.6. The first-order chi connectivity index (χ1) is 17.4. The van der Waals surface area contributed by atoms with Crippen LogP contribution in [0.5, 0.6) is 0 Å². The second kappa shape index (κ2) is 14.6. The molecule has 0 spiro atoms. The maximum absolute atomic E-state index is 14.9. The van der Waals surface area contributed by atoms with Crippen LogP contribution in [0.4, 0.5) is 14.0 Å². The molecule has 2 heterocycles. The minimum atomic E-state index is -1.15. The number of likely N-dealkylation sites (tertiary alicyclic amines) is 1. The number of carbonyl (C=O) groups excluding carboxylic acids is 1. The number of nitrogens with zero attached hydrogens (tertiary/aromatic N) is 1. The van der Waals surface area contributed by atoms with Crippen LogP contribution in [0.1, 0.15) is 43.8 Å². The van der Waals surface area contributed by atoms with Gasteiger partial charge in [0.25, 0.3) is 0 Å². The molecule has 2 saturated heterocycles. The summed E-state index contributed by atoms with van der Waals surface area (Å²) in [6.45, 7) is 3.36. The number of hydrogen-bond acceptors (Lipinski definition) is 5. The highest BCUT2D eigenvalue weighted by atomic mass is 35.5. The molecule has 3 rings (SSSR count). The molecule has 1 aromatic rings. The van der Waals surface area contributed by atoms with Gasteiger partial charge in [0.1, 0.15) is 5.82 Å². The lowest BCUT2D eigenvalue weighted by atomic mass is 9.88. The Labute approximate surface area is 217 Å². The van der Waals surface area contributed by atoms with Gasteiger partial charge in [0.05, 0.1) is 17.7 Å². The highest BCUT2D eigenvalue weighted by Crippen LogP contribution is 2.36. The molecule has 2 fully saturated rings. The van der Waals surface area contributed by atoms with Gasteiger partial charge in [0.2, 0.25) is 0 Å². The molecule has 0 aromatic heterocycles. The van der Waals surface area contributed by atoms with Gasteiger partial charge in [-0.15, -0.1) is 0 Å². The van der Waals surface area contributed by atoms with Crippen molar-refractivity contribution in [1.82, 2.24) is 20.9 Å². The lowest BCUT2D eigenvalue weighted by Gasteiger charge is -2.38. The first-order valence-electron chi connectivity index (χ1n) is 12.7. The molecule has 11 heteroatoms. The fraction of sp³-hybridized carbons (Fsp3) is 0.680. The fourth-order valence-corrected chi connectivity index (χ4v) is 5.28. The van der Waals surface area contributed by atoms with Crippen molar-refractivity contribution in [2.24, 2.45) is 11.8 Å². The Morgan fingerprint density at radius 2 is 2.08 bits per heavy atom. The van der Waals surface area contributed by atoms with Crippen molar-refractivity contribution in [3.63, 3.8) is 0 Å². The number of urea groups is 1. The normalized spacial score (nSPS) is 20.5. The summed E-state index contributed by atoms with van der Waals surface area (Å²) in [5, 5.41) is 17.5. The molecule has 4 N–H and O–H groups in total. The number of benzene rings is 1. The van der Waals surface area contributed by atoms with E-state index in [1.807, 2.05) is 7.05 Å². The Hall–Kier alpha value is -2.14. The van der Waals surface area contributed by atoms with E-state index in [-0.39, 0.29) is 36.2 Å². The minimum Gasteiger partial charge on any atom is -0.465 e. The van der Waals surface area contributed by atoms with Gasteiger partial charge in [-0.25, -0.2) is 14.0 Å². The van der Waals surface area contributed by atoms with E-state index < -0.39 is 18.0 Å². The Kier molecular flexibility index (Phi) is 11.5. The van der Waals surface area contributed by atoms with E-state index in [9.17, 15) is 14.0 Å². The average molecular weight is 529 g/mol. The number of carboxylic acid groups (broad SMARTS) is 1. The fourth-order valence-electron chi connectivity index (χ4n) is 5.10. The molecule has 202 valence electrons. The van der Waals surface area contributed by atoms with E-state index in [1.165, 1.54) is 6.07 Å². The number of likely N-dealkylation sites (N-methyl/N-ethyl adjacent to an activating group) is 1. The van der Waals surface area contributed by atoms with Gasteiger partial charge in [-0.2, -0.15) is 0 Å². The van der Waals surface area contributed by atoms with E-state index in [4.69, 9.17) is 26.2 Å². The van der Waals surface area contributed by atoms with E-state index in [1.54, 1.807) is 17.0 Å². The number of hydrogen-bond donors (Lipinski definition) is 4. The molecule has 9 nitrogen and oxygen atoms in total. The van der Waals surface area contributed by atoms with Crippen LogP contribution in [0.3, 0.4) is 0 Å². The molecule has 0 unspecified atom stereocenters. The van der Waals surface area contributed by atoms with E-state index >= 15 is 0 Å². The average Bonchev–Trinajstić information content (AvgIpc) is 2.87. The van der Waals surface area contributed by atoms with E-state index in [2.05, 4.69) is 16.0 Å². The summed E-state index contributed by atoms with van der Waals surface area (Å²) in [5.74, 6) is -0.197. The quantitative estimate of drug-likeness (QED) is 0.326. The van der Waals surface area contributed by atoms with E-state index in [0.717, 1.165) is 45.3 Å². The second-order valence-electron chi connectivity index (χ2n) is 9.51. The summed E-state index contributed by atoms with van der Waals surface area (Å²) in [4.78, 5) is 25.8. The lowest BCUT2D eigenvalue weighted by molar-refractivity contribution is -0.0105. The highest BCUT2D eigenvalue weighted by Gasteiger charge is 2.33. The zero-order valence-electron chi connectivity index (χ0n) is 20.8. The molecule has 2 aliphatic heterocycles. The molecular formula is C25H38ClFN4O5. The highest BCUT2D eigenvalue weighted by molar-refractivity contribution is 6.30. The molecule has 2 aliphatic rings. The monoisotopic (exact) mass is 528 g/mol. The van der Waals surface area contributed by atoms with Crippen LogP contribution in [0, 0.1) is 17.7 Å². The number of piperidine rings is 1. The third-order valence-electron chi connectivity index (χ3n) is 6.87. The third-order valence-corrected chi connectivity index (χ3v) is 7.17. The maximum atomic E-state index is 14.9. The largest absolute Gasteiger partial charge is 0.465 e. The number of carbonyl (C=O) groups is 2. The second-order valence-corrected chi connectivity index (χ2v) is 9.92. The third kappa shape index (κ3) is 8.47. The Morgan fingerprint density at radius 3 is 2.81 bits per heavy atom. The maximum Gasteiger partial charge on any atom is 0.404 e. The summed E-state index contributed by atoms with van der Waals surface area (Å²) < 4.78 is 26.4. The molecule has 0 saturated carbocycles. The molecule has 0 bridgehead atoms. The number of halogens is 2. The summed E-state index contributed by atoms with van der Waals surface area (Å²) in [6.07, 6.45) is 2.58. The van der Waals surface area contributed by atoms with Crippen LogP contribution in [-0.4, -0.2) is 81.2 Å². The van der Waals surface area contributed by atoms with E-state index in [0.29, 0.717) is 31.1 Å². The van der Waals surface area contributed by atoms with Crippen LogP contribution >= 0.6 is 11.6 Å². The number of amides is 3. The summed E-state index contributed by atoms with van der Waals surface area (Å²) >= 11 is 6.04. The van der Waals surface area contributed by atoms with Crippen molar-refractivity contribution in [3.05, 3.63) is 34.6 Å². The summed E-state index contributed by atoms with van der Waals surface area (Å²) in [7, 11) is 1.88. The number of rotatable bonds is 11. The smallest absolute Gasteiger partial charge is 0.404 e. The first-order valence-corrected chi connectivity index (χ1v) is 13.1. The Bertz CT molecular complexity index is 858. The zero-order chi connectivity index (χ0) is 25.9. The molecule has 0 aliphatic carbocycles. The predicted molar refractivity (Wildman–Crippen MR) is 135 cm³/mol. The van der Waals surface area contributed by atoms with Gasteiger partial charge < -0.3 is 35.4 Å². The van der Waals surface area contributed by atoms with Gasteiger partial charge in [-0.3, -0.25) is 0 Å². The molecule has 3 amide bonds. The van der Waals surface area contributed by atoms with Crippen molar-refractivity contribution in [2.45, 2.75) is 44.2 Å². The summed E-state index contributed by atoms with van der Waals surface area (Å²) in [5.41, 5.74) is 0.317. The number of ether oxygens (including phenoxy) is 2. The van der Waals surface area contributed by atoms with Crippen molar-refractivity contribution in [2.75, 3.05) is 53.0 Å². The van der Waals surface area contributed by atoms with Gasteiger partial charge in [0.15, 0.2) is 0 Å². The van der Waals surface area contributed by atoms with Gasteiger partial charge in [-0.1, -0.05) is 23.7 Å². The summed E-state index contributed by atoms with van der Waals surface area (Å²) in [6, 6.07) is 4.64. The van der Waals surface area contributed by atoms with Crippen molar-refractivity contribution < 1.29 is 28.6 Å².